The van der Waals surface area contributed by atoms with Crippen LogP contribution < -0.4 is 15.8 Å². The molecule has 26 heavy (non-hydrogen) atoms. The van der Waals surface area contributed by atoms with Gasteiger partial charge in [-0.05, 0) is 30.2 Å². The number of carbonyl (C=O) groups excluding carboxylic acids is 1. The zero-order valence-corrected chi connectivity index (χ0v) is 15.6. The molecule has 0 fully saturated rings. The summed E-state index contributed by atoms with van der Waals surface area (Å²) >= 11 is 0. The number of hydrogen-bond donors (Lipinski definition) is 3. The summed E-state index contributed by atoms with van der Waals surface area (Å²) in [4.78, 5) is 12.8. The second kappa shape index (κ2) is 9.47. The van der Waals surface area contributed by atoms with E-state index in [1.807, 2.05) is 37.3 Å². The highest BCUT2D eigenvalue weighted by atomic mass is 32.2. The molecule has 1 unspecified atom stereocenters. The van der Waals surface area contributed by atoms with Gasteiger partial charge < -0.3 is 11.1 Å². The predicted molar refractivity (Wildman–Crippen MR) is 103 cm³/mol. The van der Waals surface area contributed by atoms with Crippen LogP contribution in [0.25, 0.3) is 0 Å². The zero-order chi connectivity index (χ0) is 19.0. The molecule has 0 aliphatic rings. The number of nitrogens with two attached hydrogens (primary N) is 1. The highest BCUT2D eigenvalue weighted by Gasteiger charge is 2.20. The smallest absolute Gasteiger partial charge is 0.240 e. The Morgan fingerprint density at radius 1 is 1.12 bits per heavy atom. The minimum absolute atomic E-state index is 0.0931. The Bertz CT molecular complexity index is 823. The third-order valence-electron chi connectivity index (χ3n) is 3.94. The number of benzene rings is 2. The van der Waals surface area contributed by atoms with E-state index in [1.54, 1.807) is 12.1 Å². The molecule has 140 valence electrons. The molecule has 1 amide bonds. The van der Waals surface area contributed by atoms with Crippen molar-refractivity contribution in [2.75, 3.05) is 18.4 Å². The van der Waals surface area contributed by atoms with Gasteiger partial charge in [-0.15, -0.1) is 0 Å². The van der Waals surface area contributed by atoms with Gasteiger partial charge in [-0.3, -0.25) is 4.79 Å². The second-order valence-electron chi connectivity index (χ2n) is 5.96. The molecule has 6 nitrogen and oxygen atoms in total. The van der Waals surface area contributed by atoms with E-state index in [0.29, 0.717) is 12.1 Å². The van der Waals surface area contributed by atoms with E-state index in [9.17, 15) is 13.2 Å². The first kappa shape index (κ1) is 20.1. The normalized spacial score (nSPS) is 12.5. The molecule has 0 aliphatic carbocycles. The lowest BCUT2D eigenvalue weighted by atomic mass is 9.93. The average molecular weight is 375 g/mol. The van der Waals surface area contributed by atoms with E-state index in [0.717, 1.165) is 12.0 Å². The molecule has 2 aromatic carbocycles. The van der Waals surface area contributed by atoms with Gasteiger partial charge in [0.15, 0.2) is 0 Å². The fourth-order valence-corrected chi connectivity index (χ4v) is 3.76. The highest BCUT2D eigenvalue weighted by Crippen LogP contribution is 2.24. The lowest BCUT2D eigenvalue weighted by Gasteiger charge is -2.17. The van der Waals surface area contributed by atoms with Crippen LogP contribution in [0.4, 0.5) is 5.69 Å². The lowest BCUT2D eigenvalue weighted by molar-refractivity contribution is -0.117. The van der Waals surface area contributed by atoms with Gasteiger partial charge in [-0.25, -0.2) is 13.1 Å². The summed E-state index contributed by atoms with van der Waals surface area (Å²) in [5.41, 5.74) is 6.73. The first-order chi connectivity index (χ1) is 12.5. The molecule has 0 radical (unpaired) electrons. The van der Waals surface area contributed by atoms with Crippen LogP contribution in [-0.4, -0.2) is 27.4 Å². The molecule has 0 bridgehead atoms. The van der Waals surface area contributed by atoms with Crippen LogP contribution in [0.5, 0.6) is 0 Å². The Morgan fingerprint density at radius 3 is 2.50 bits per heavy atom. The molecule has 0 aromatic heterocycles. The molecule has 7 heteroatoms. The summed E-state index contributed by atoms with van der Waals surface area (Å²) in [6.45, 7) is 2.40. The van der Waals surface area contributed by atoms with E-state index < -0.39 is 10.0 Å². The SMILES string of the molecule is CCCC(C(=O)Nc1cccc(S(=O)(=O)NCCN)c1)c1ccccc1. The topological polar surface area (TPSA) is 101 Å². The molecule has 0 saturated heterocycles. The summed E-state index contributed by atoms with van der Waals surface area (Å²) in [6.07, 6.45) is 1.58. The number of hydrogen-bond acceptors (Lipinski definition) is 4. The van der Waals surface area contributed by atoms with Crippen LogP contribution in [0, 0.1) is 0 Å². The molecule has 0 aliphatic heterocycles. The molecular weight excluding hydrogens is 350 g/mol. The monoisotopic (exact) mass is 375 g/mol. The quantitative estimate of drug-likeness (QED) is 0.626. The summed E-state index contributed by atoms with van der Waals surface area (Å²) in [5.74, 6) is -0.431. The standard InChI is InChI=1S/C19H25N3O3S/c1-2-7-18(15-8-4-3-5-9-15)19(23)22-16-10-6-11-17(14-16)26(24,25)21-13-12-20/h3-6,8-11,14,18,21H,2,7,12-13,20H2,1H3,(H,22,23). The third-order valence-corrected chi connectivity index (χ3v) is 5.40. The van der Waals surface area contributed by atoms with Crippen molar-refractivity contribution in [3.8, 4) is 0 Å². The Balaban J connectivity index is 2.19. The van der Waals surface area contributed by atoms with E-state index in [-0.39, 0.29) is 29.8 Å². The van der Waals surface area contributed by atoms with E-state index in [4.69, 9.17) is 5.73 Å². The maximum atomic E-state index is 12.7. The van der Waals surface area contributed by atoms with E-state index in [1.165, 1.54) is 12.1 Å². The van der Waals surface area contributed by atoms with Gasteiger partial charge in [0.2, 0.25) is 15.9 Å². The van der Waals surface area contributed by atoms with Crippen molar-refractivity contribution in [2.24, 2.45) is 5.73 Å². The number of sulfonamides is 1. The van der Waals surface area contributed by atoms with Gasteiger partial charge in [0.05, 0.1) is 10.8 Å². The Labute approximate surface area is 154 Å². The molecule has 0 saturated carbocycles. The largest absolute Gasteiger partial charge is 0.329 e. The number of rotatable bonds is 9. The molecule has 2 rings (SSSR count). The molecule has 2 aromatic rings. The molecular formula is C19H25N3O3S. The van der Waals surface area contributed by atoms with Gasteiger partial charge in [0, 0.05) is 18.8 Å². The van der Waals surface area contributed by atoms with Crippen molar-refractivity contribution >= 4 is 21.6 Å². The first-order valence-corrected chi connectivity index (χ1v) is 10.1. The lowest BCUT2D eigenvalue weighted by Crippen LogP contribution is -2.29. The van der Waals surface area contributed by atoms with Gasteiger partial charge in [-0.2, -0.15) is 0 Å². The van der Waals surface area contributed by atoms with Gasteiger partial charge in [0.1, 0.15) is 0 Å². The van der Waals surface area contributed by atoms with Crippen LogP contribution in [0.1, 0.15) is 31.2 Å². The molecule has 0 spiro atoms. The van der Waals surface area contributed by atoms with Gasteiger partial charge in [0.25, 0.3) is 0 Å². The number of amides is 1. The fourth-order valence-electron chi connectivity index (χ4n) is 2.67. The zero-order valence-electron chi connectivity index (χ0n) is 14.8. The predicted octanol–water partition coefficient (Wildman–Crippen LogP) is 2.45. The van der Waals surface area contributed by atoms with Crippen LogP contribution >= 0.6 is 0 Å². The molecule has 0 heterocycles. The van der Waals surface area contributed by atoms with Crippen LogP contribution in [0.2, 0.25) is 0 Å². The first-order valence-electron chi connectivity index (χ1n) is 8.63. The van der Waals surface area contributed by atoms with Crippen molar-refractivity contribution in [3.05, 3.63) is 60.2 Å². The number of nitrogens with one attached hydrogen (secondary N) is 2. The maximum Gasteiger partial charge on any atom is 0.240 e. The van der Waals surface area contributed by atoms with Crippen LogP contribution in [0.3, 0.4) is 0 Å². The fraction of sp³-hybridized carbons (Fsp3) is 0.316. The number of carbonyl (C=O) groups is 1. The van der Waals surface area contributed by atoms with Gasteiger partial charge >= 0.3 is 0 Å². The van der Waals surface area contributed by atoms with Crippen molar-refractivity contribution in [1.82, 2.24) is 4.72 Å². The minimum Gasteiger partial charge on any atom is -0.329 e. The minimum atomic E-state index is -3.64. The van der Waals surface area contributed by atoms with E-state index >= 15 is 0 Å². The summed E-state index contributed by atoms with van der Waals surface area (Å²) in [5, 5.41) is 2.84. The van der Waals surface area contributed by atoms with Crippen LogP contribution in [0.15, 0.2) is 59.5 Å². The van der Waals surface area contributed by atoms with Crippen LogP contribution in [-0.2, 0) is 14.8 Å². The van der Waals surface area contributed by atoms with Crippen molar-refractivity contribution < 1.29 is 13.2 Å². The van der Waals surface area contributed by atoms with Crippen molar-refractivity contribution in [2.45, 2.75) is 30.6 Å². The molecule has 1 atom stereocenters. The maximum absolute atomic E-state index is 12.7. The Morgan fingerprint density at radius 2 is 1.85 bits per heavy atom. The summed E-state index contributed by atoms with van der Waals surface area (Å²) in [7, 11) is -3.64. The Kier molecular flexibility index (Phi) is 7.32. The van der Waals surface area contributed by atoms with Crippen molar-refractivity contribution in [1.29, 1.82) is 0 Å². The average Bonchev–Trinajstić information content (AvgIpc) is 2.65. The number of anilines is 1. The second-order valence-corrected chi connectivity index (χ2v) is 7.72. The van der Waals surface area contributed by atoms with Gasteiger partial charge in [-0.1, -0.05) is 49.7 Å². The highest BCUT2D eigenvalue weighted by molar-refractivity contribution is 7.89. The van der Waals surface area contributed by atoms with Crippen molar-refractivity contribution in [3.63, 3.8) is 0 Å². The summed E-state index contributed by atoms with van der Waals surface area (Å²) in [6, 6.07) is 15.8. The molecule has 4 N–H and O–H groups in total. The van der Waals surface area contributed by atoms with E-state index in [2.05, 4.69) is 10.0 Å². The Hall–Kier alpha value is -2.22. The summed E-state index contributed by atoms with van der Waals surface area (Å²) < 4.78 is 26.8. The third kappa shape index (κ3) is 5.39.